The lowest BCUT2D eigenvalue weighted by atomic mass is 9.81. The molecule has 0 radical (unpaired) electrons. The van der Waals surface area contributed by atoms with Crippen molar-refractivity contribution in [1.82, 2.24) is 0 Å². The summed E-state index contributed by atoms with van der Waals surface area (Å²) in [6, 6.07) is 3.58. The first-order valence-corrected chi connectivity index (χ1v) is 6.46. The summed E-state index contributed by atoms with van der Waals surface area (Å²) in [5.41, 5.74) is 0.208. The molecule has 3 rings (SSSR count). The van der Waals surface area contributed by atoms with Crippen LogP contribution in [0.4, 0.5) is 10.1 Å². The smallest absolute Gasteiger partial charge is 0.237 e. The van der Waals surface area contributed by atoms with Gasteiger partial charge in [0.1, 0.15) is 0 Å². The predicted molar refractivity (Wildman–Crippen MR) is 66.0 cm³/mol. The molecule has 2 unspecified atom stereocenters. The third-order valence-electron chi connectivity index (χ3n) is 4.03. The normalized spacial score (nSPS) is 26.7. The summed E-state index contributed by atoms with van der Waals surface area (Å²) in [5.74, 6) is -2.29. The molecule has 2 atom stereocenters. The van der Waals surface area contributed by atoms with Gasteiger partial charge in [-0.1, -0.05) is 12.8 Å². The van der Waals surface area contributed by atoms with Gasteiger partial charge in [-0.3, -0.25) is 9.59 Å². The van der Waals surface area contributed by atoms with Crippen molar-refractivity contribution in [1.29, 1.82) is 0 Å². The number of rotatable bonds is 1. The molecule has 0 aromatic heterocycles. The molecule has 2 fully saturated rings. The lowest BCUT2D eigenvalue weighted by Gasteiger charge is -2.19. The Morgan fingerprint density at radius 3 is 2.21 bits per heavy atom. The van der Waals surface area contributed by atoms with E-state index in [0.29, 0.717) is 0 Å². The summed E-state index contributed by atoms with van der Waals surface area (Å²) in [4.78, 5) is 25.6. The fourth-order valence-corrected chi connectivity index (χ4v) is 3.05. The molecule has 5 heteroatoms. The largest absolute Gasteiger partial charge is 0.505 e. The third-order valence-corrected chi connectivity index (χ3v) is 4.03. The van der Waals surface area contributed by atoms with Gasteiger partial charge in [-0.25, -0.2) is 9.29 Å². The number of halogens is 1. The first kappa shape index (κ1) is 12.1. The van der Waals surface area contributed by atoms with E-state index >= 15 is 0 Å². The van der Waals surface area contributed by atoms with Crippen molar-refractivity contribution in [3.05, 3.63) is 24.0 Å². The Labute approximate surface area is 109 Å². The number of hydrogen-bond acceptors (Lipinski definition) is 3. The van der Waals surface area contributed by atoms with Crippen LogP contribution in [0, 0.1) is 17.7 Å². The lowest BCUT2D eigenvalue weighted by molar-refractivity contribution is -0.122. The highest BCUT2D eigenvalue weighted by Gasteiger charge is 2.48. The molecule has 1 aromatic carbocycles. The Balaban J connectivity index is 1.98. The van der Waals surface area contributed by atoms with E-state index in [0.717, 1.165) is 42.7 Å². The van der Waals surface area contributed by atoms with Gasteiger partial charge in [0.05, 0.1) is 17.5 Å². The SMILES string of the molecule is O=C1C2CCCCC2C(=O)N1c1ccc(O)c(F)c1. The van der Waals surface area contributed by atoms with Gasteiger partial charge in [-0.15, -0.1) is 0 Å². The number of imide groups is 1. The maximum absolute atomic E-state index is 13.4. The monoisotopic (exact) mass is 263 g/mol. The second kappa shape index (κ2) is 4.33. The molecule has 2 aliphatic rings. The van der Waals surface area contributed by atoms with E-state index in [4.69, 9.17) is 5.11 Å². The highest BCUT2D eigenvalue weighted by molar-refractivity contribution is 6.22. The van der Waals surface area contributed by atoms with Gasteiger partial charge < -0.3 is 5.11 Å². The number of phenolic OH excluding ortho intramolecular Hbond substituents is 1. The number of fused-ring (bicyclic) bond motifs is 1. The molecular weight excluding hydrogens is 249 g/mol. The zero-order valence-electron chi connectivity index (χ0n) is 10.3. The standard InChI is InChI=1S/C14H14FNO3/c15-11-7-8(5-6-12(11)17)16-13(18)9-3-1-2-4-10(9)14(16)19/h5-7,9-10,17H,1-4H2. The van der Waals surface area contributed by atoms with Crippen molar-refractivity contribution in [2.75, 3.05) is 4.90 Å². The van der Waals surface area contributed by atoms with Crippen LogP contribution in [0.1, 0.15) is 25.7 Å². The fraction of sp³-hybridized carbons (Fsp3) is 0.429. The maximum Gasteiger partial charge on any atom is 0.237 e. The zero-order valence-corrected chi connectivity index (χ0v) is 10.3. The van der Waals surface area contributed by atoms with Crippen molar-refractivity contribution in [2.24, 2.45) is 11.8 Å². The first-order valence-electron chi connectivity index (χ1n) is 6.46. The van der Waals surface area contributed by atoms with Crippen molar-refractivity contribution < 1.29 is 19.1 Å². The van der Waals surface area contributed by atoms with E-state index in [9.17, 15) is 14.0 Å². The minimum atomic E-state index is -0.826. The number of hydrogen-bond donors (Lipinski definition) is 1. The molecule has 1 saturated carbocycles. The molecule has 0 spiro atoms. The van der Waals surface area contributed by atoms with Gasteiger partial charge in [-0.05, 0) is 25.0 Å². The van der Waals surface area contributed by atoms with Crippen LogP contribution in [0.3, 0.4) is 0 Å². The topological polar surface area (TPSA) is 57.6 Å². The third kappa shape index (κ3) is 1.80. The number of anilines is 1. The number of benzene rings is 1. The van der Waals surface area contributed by atoms with Crippen LogP contribution in [-0.2, 0) is 9.59 Å². The molecule has 2 amide bonds. The zero-order chi connectivity index (χ0) is 13.6. The van der Waals surface area contributed by atoms with E-state index in [2.05, 4.69) is 0 Å². The molecule has 1 N–H and O–H groups in total. The van der Waals surface area contributed by atoms with Crippen LogP contribution in [0.5, 0.6) is 5.75 Å². The number of aromatic hydroxyl groups is 1. The van der Waals surface area contributed by atoms with Gasteiger partial charge in [0.2, 0.25) is 11.8 Å². The average Bonchev–Trinajstić information content (AvgIpc) is 2.66. The van der Waals surface area contributed by atoms with Crippen LogP contribution >= 0.6 is 0 Å². The predicted octanol–water partition coefficient (Wildman–Crippen LogP) is 2.21. The van der Waals surface area contributed by atoms with Crippen LogP contribution in [0.2, 0.25) is 0 Å². The Morgan fingerprint density at radius 1 is 1.11 bits per heavy atom. The van der Waals surface area contributed by atoms with Crippen molar-refractivity contribution in [2.45, 2.75) is 25.7 Å². The molecular formula is C14H14FNO3. The molecule has 19 heavy (non-hydrogen) atoms. The van der Waals surface area contributed by atoms with Gasteiger partial charge in [0, 0.05) is 6.07 Å². The number of phenols is 1. The molecule has 0 bridgehead atoms. The highest BCUT2D eigenvalue weighted by atomic mass is 19.1. The van der Waals surface area contributed by atoms with Crippen LogP contribution < -0.4 is 4.90 Å². The Morgan fingerprint density at radius 2 is 1.68 bits per heavy atom. The van der Waals surface area contributed by atoms with E-state index in [-0.39, 0.29) is 29.3 Å². The van der Waals surface area contributed by atoms with E-state index in [1.54, 1.807) is 0 Å². The van der Waals surface area contributed by atoms with Crippen molar-refractivity contribution >= 4 is 17.5 Å². The molecule has 1 saturated heterocycles. The summed E-state index contributed by atoms with van der Waals surface area (Å²) in [6.45, 7) is 0. The average molecular weight is 263 g/mol. The van der Waals surface area contributed by atoms with E-state index < -0.39 is 11.6 Å². The summed E-state index contributed by atoms with van der Waals surface area (Å²) >= 11 is 0. The number of amides is 2. The number of nitrogens with zero attached hydrogens (tertiary/aromatic N) is 1. The van der Waals surface area contributed by atoms with E-state index in [1.165, 1.54) is 6.07 Å². The fourth-order valence-electron chi connectivity index (χ4n) is 3.05. The van der Waals surface area contributed by atoms with E-state index in [1.807, 2.05) is 0 Å². The molecule has 1 aromatic rings. The molecule has 100 valence electrons. The number of carbonyl (C=O) groups is 2. The molecule has 4 nitrogen and oxygen atoms in total. The molecule has 1 aliphatic carbocycles. The quantitative estimate of drug-likeness (QED) is 0.790. The molecule has 1 aliphatic heterocycles. The number of carbonyl (C=O) groups excluding carboxylic acids is 2. The van der Waals surface area contributed by atoms with Crippen LogP contribution in [-0.4, -0.2) is 16.9 Å². The Bertz CT molecular complexity index is 534. The van der Waals surface area contributed by atoms with Gasteiger partial charge in [-0.2, -0.15) is 0 Å². The summed E-state index contributed by atoms with van der Waals surface area (Å²) < 4.78 is 13.4. The van der Waals surface area contributed by atoms with Gasteiger partial charge in [0.25, 0.3) is 0 Å². The van der Waals surface area contributed by atoms with Gasteiger partial charge in [0.15, 0.2) is 11.6 Å². The maximum atomic E-state index is 13.4. The van der Waals surface area contributed by atoms with Crippen LogP contribution in [0.25, 0.3) is 0 Å². The van der Waals surface area contributed by atoms with Crippen LogP contribution in [0.15, 0.2) is 18.2 Å². The first-order chi connectivity index (χ1) is 9.09. The Kier molecular flexibility index (Phi) is 2.77. The minimum absolute atomic E-state index is 0.208. The second-order valence-electron chi connectivity index (χ2n) is 5.15. The molecule has 1 heterocycles. The summed E-state index contributed by atoms with van der Waals surface area (Å²) in [5, 5.41) is 9.16. The van der Waals surface area contributed by atoms with Crippen molar-refractivity contribution in [3.8, 4) is 5.75 Å². The summed E-state index contributed by atoms with van der Waals surface area (Å²) in [6.07, 6.45) is 3.37. The summed E-state index contributed by atoms with van der Waals surface area (Å²) in [7, 11) is 0. The Hall–Kier alpha value is -1.91. The van der Waals surface area contributed by atoms with Crippen molar-refractivity contribution in [3.63, 3.8) is 0 Å². The second-order valence-corrected chi connectivity index (χ2v) is 5.15. The minimum Gasteiger partial charge on any atom is -0.505 e. The highest BCUT2D eigenvalue weighted by Crippen LogP contribution is 2.40. The lowest BCUT2D eigenvalue weighted by Crippen LogP contribution is -2.30. The van der Waals surface area contributed by atoms with Gasteiger partial charge >= 0.3 is 0 Å².